The summed E-state index contributed by atoms with van der Waals surface area (Å²) < 4.78 is 31.8. The lowest BCUT2D eigenvalue weighted by Crippen LogP contribution is -2.29. The van der Waals surface area contributed by atoms with E-state index in [4.69, 9.17) is 4.74 Å². The number of ether oxygens (including phenoxy) is 1. The number of methoxy groups -OCH3 is 1. The zero-order valence-electron chi connectivity index (χ0n) is 12.8. The molecule has 0 aliphatic carbocycles. The molecule has 2 rings (SSSR count). The Hall–Kier alpha value is -2.47. The van der Waals surface area contributed by atoms with Gasteiger partial charge in [0.05, 0.1) is 18.8 Å². The first-order valence-corrected chi connectivity index (χ1v) is 6.98. The van der Waals surface area contributed by atoms with Gasteiger partial charge in [0.1, 0.15) is 17.4 Å². The van der Waals surface area contributed by atoms with Crippen LogP contribution in [-0.4, -0.2) is 24.7 Å². The Balaban J connectivity index is 2.02. The van der Waals surface area contributed by atoms with Gasteiger partial charge < -0.3 is 15.2 Å². The summed E-state index contributed by atoms with van der Waals surface area (Å²) in [6.07, 6.45) is -0.950. The van der Waals surface area contributed by atoms with Gasteiger partial charge in [-0.1, -0.05) is 12.1 Å². The number of carbonyl (C=O) groups excluding carboxylic acids is 1. The molecule has 0 aromatic heterocycles. The molecule has 6 heteroatoms. The maximum absolute atomic E-state index is 13.6. The molecule has 2 aromatic rings. The van der Waals surface area contributed by atoms with E-state index in [0.717, 1.165) is 6.07 Å². The minimum atomic E-state index is -0.950. The summed E-state index contributed by atoms with van der Waals surface area (Å²) in [4.78, 5) is 12.0. The van der Waals surface area contributed by atoms with Crippen molar-refractivity contribution in [2.45, 2.75) is 13.0 Å². The second-order valence-corrected chi connectivity index (χ2v) is 5.08. The number of aliphatic hydroxyl groups is 1. The Labute approximate surface area is 132 Å². The van der Waals surface area contributed by atoms with Gasteiger partial charge in [0.25, 0.3) is 5.91 Å². The number of amides is 1. The average molecular weight is 321 g/mol. The molecule has 0 aliphatic heterocycles. The molecule has 0 bridgehead atoms. The number of halogens is 2. The summed E-state index contributed by atoms with van der Waals surface area (Å²) >= 11 is 0. The number of rotatable bonds is 5. The lowest BCUT2D eigenvalue weighted by atomic mass is 10.1. The highest BCUT2D eigenvalue weighted by Crippen LogP contribution is 2.18. The Morgan fingerprint density at radius 2 is 1.87 bits per heavy atom. The fourth-order valence-electron chi connectivity index (χ4n) is 2.06. The van der Waals surface area contributed by atoms with Gasteiger partial charge in [0.2, 0.25) is 0 Å². The maximum atomic E-state index is 13.6. The van der Waals surface area contributed by atoms with Gasteiger partial charge in [-0.25, -0.2) is 8.78 Å². The van der Waals surface area contributed by atoms with Crippen LogP contribution in [0.15, 0.2) is 36.4 Å². The highest BCUT2D eigenvalue weighted by Gasteiger charge is 2.16. The number of nitrogens with one attached hydrogen (secondary N) is 1. The molecule has 4 nitrogen and oxygen atoms in total. The number of benzene rings is 2. The third-order valence-corrected chi connectivity index (χ3v) is 3.45. The van der Waals surface area contributed by atoms with Crippen LogP contribution in [0.5, 0.6) is 5.75 Å². The Kier molecular flexibility index (Phi) is 5.28. The summed E-state index contributed by atoms with van der Waals surface area (Å²) in [5, 5.41) is 12.5. The van der Waals surface area contributed by atoms with Gasteiger partial charge in [0.15, 0.2) is 0 Å². The van der Waals surface area contributed by atoms with E-state index in [1.54, 1.807) is 24.3 Å². The largest absolute Gasteiger partial charge is 0.497 e. The van der Waals surface area contributed by atoms with E-state index >= 15 is 0 Å². The van der Waals surface area contributed by atoms with E-state index < -0.39 is 23.6 Å². The summed E-state index contributed by atoms with van der Waals surface area (Å²) in [5.41, 5.74) is 0.500. The van der Waals surface area contributed by atoms with E-state index in [9.17, 15) is 18.7 Å². The Morgan fingerprint density at radius 1 is 1.22 bits per heavy atom. The monoisotopic (exact) mass is 321 g/mol. The van der Waals surface area contributed by atoms with Crippen LogP contribution in [0.3, 0.4) is 0 Å². The lowest BCUT2D eigenvalue weighted by molar-refractivity contribution is 0.0912. The first-order valence-electron chi connectivity index (χ1n) is 6.98. The van der Waals surface area contributed by atoms with Gasteiger partial charge in [-0.05, 0) is 36.2 Å². The minimum absolute atomic E-state index is 0.0962. The second kappa shape index (κ2) is 7.19. The quantitative estimate of drug-likeness (QED) is 0.890. The summed E-state index contributed by atoms with van der Waals surface area (Å²) in [6.45, 7) is 1.35. The molecular formula is C17H17F2NO3. The topological polar surface area (TPSA) is 58.6 Å². The Morgan fingerprint density at radius 3 is 2.48 bits per heavy atom. The molecule has 2 aromatic carbocycles. The summed E-state index contributed by atoms with van der Waals surface area (Å²) in [7, 11) is 1.53. The molecule has 0 saturated carbocycles. The van der Waals surface area contributed by atoms with Crippen molar-refractivity contribution >= 4 is 5.91 Å². The van der Waals surface area contributed by atoms with Crippen LogP contribution in [0.2, 0.25) is 0 Å². The average Bonchev–Trinajstić information content (AvgIpc) is 2.55. The van der Waals surface area contributed by atoms with Crippen molar-refractivity contribution in [1.82, 2.24) is 5.32 Å². The standard InChI is InChI=1S/C17H17F2NO3/c1-10-7-13(15(19)8-14(10)18)17(22)20-9-16(21)11-3-5-12(23-2)6-4-11/h3-8,16,21H,9H2,1-2H3,(H,20,22). The molecule has 0 aliphatic rings. The van der Waals surface area contributed by atoms with E-state index in [2.05, 4.69) is 5.32 Å². The van der Waals surface area contributed by atoms with Crippen LogP contribution in [0, 0.1) is 18.6 Å². The van der Waals surface area contributed by atoms with Crippen LogP contribution in [0.4, 0.5) is 8.78 Å². The van der Waals surface area contributed by atoms with Crippen LogP contribution >= 0.6 is 0 Å². The molecule has 0 spiro atoms. The molecule has 122 valence electrons. The summed E-state index contributed by atoms with van der Waals surface area (Å²) in [5.74, 6) is -1.71. The van der Waals surface area contributed by atoms with Crippen molar-refractivity contribution in [3.8, 4) is 5.75 Å². The maximum Gasteiger partial charge on any atom is 0.254 e. The predicted octanol–water partition coefficient (Wildman–Crippen LogP) is 2.75. The first-order chi connectivity index (χ1) is 10.9. The lowest BCUT2D eigenvalue weighted by Gasteiger charge is -2.13. The minimum Gasteiger partial charge on any atom is -0.497 e. The van der Waals surface area contributed by atoms with Crippen molar-refractivity contribution in [2.24, 2.45) is 0 Å². The molecule has 0 fully saturated rings. The van der Waals surface area contributed by atoms with Crippen LogP contribution in [-0.2, 0) is 0 Å². The third kappa shape index (κ3) is 4.04. The smallest absolute Gasteiger partial charge is 0.254 e. The van der Waals surface area contributed by atoms with Crippen molar-refractivity contribution < 1.29 is 23.4 Å². The normalized spacial score (nSPS) is 11.9. The molecule has 0 heterocycles. The molecule has 1 atom stereocenters. The van der Waals surface area contributed by atoms with Crippen LogP contribution < -0.4 is 10.1 Å². The molecular weight excluding hydrogens is 304 g/mol. The van der Waals surface area contributed by atoms with Crippen molar-refractivity contribution in [1.29, 1.82) is 0 Å². The molecule has 2 N–H and O–H groups in total. The molecule has 1 amide bonds. The highest BCUT2D eigenvalue weighted by molar-refractivity contribution is 5.94. The predicted molar refractivity (Wildman–Crippen MR) is 81.4 cm³/mol. The number of hydrogen-bond acceptors (Lipinski definition) is 3. The van der Waals surface area contributed by atoms with Gasteiger partial charge in [0, 0.05) is 12.6 Å². The highest BCUT2D eigenvalue weighted by atomic mass is 19.1. The van der Waals surface area contributed by atoms with Crippen molar-refractivity contribution in [3.05, 3.63) is 64.7 Å². The first kappa shape index (κ1) is 16.9. The van der Waals surface area contributed by atoms with E-state index in [-0.39, 0.29) is 17.7 Å². The van der Waals surface area contributed by atoms with E-state index in [1.807, 2.05) is 0 Å². The van der Waals surface area contributed by atoms with Gasteiger partial charge in [-0.2, -0.15) is 0 Å². The summed E-state index contributed by atoms with van der Waals surface area (Å²) in [6, 6.07) is 8.51. The molecule has 0 radical (unpaired) electrons. The van der Waals surface area contributed by atoms with Crippen LogP contribution in [0.1, 0.15) is 27.6 Å². The number of carbonyl (C=O) groups is 1. The van der Waals surface area contributed by atoms with Crippen molar-refractivity contribution in [2.75, 3.05) is 13.7 Å². The van der Waals surface area contributed by atoms with Crippen molar-refractivity contribution in [3.63, 3.8) is 0 Å². The third-order valence-electron chi connectivity index (χ3n) is 3.45. The van der Waals surface area contributed by atoms with Crippen LogP contribution in [0.25, 0.3) is 0 Å². The van der Waals surface area contributed by atoms with E-state index in [1.165, 1.54) is 14.0 Å². The molecule has 23 heavy (non-hydrogen) atoms. The second-order valence-electron chi connectivity index (χ2n) is 5.08. The van der Waals surface area contributed by atoms with Gasteiger partial charge in [-0.15, -0.1) is 0 Å². The number of hydrogen-bond donors (Lipinski definition) is 2. The molecule has 0 saturated heterocycles. The zero-order chi connectivity index (χ0) is 17.0. The van der Waals surface area contributed by atoms with E-state index in [0.29, 0.717) is 17.4 Å². The zero-order valence-corrected chi connectivity index (χ0v) is 12.8. The Bertz CT molecular complexity index is 702. The fraction of sp³-hybridized carbons (Fsp3) is 0.235. The molecule has 1 unspecified atom stereocenters. The fourth-order valence-corrected chi connectivity index (χ4v) is 2.06. The van der Waals surface area contributed by atoms with Gasteiger partial charge >= 0.3 is 0 Å². The van der Waals surface area contributed by atoms with Gasteiger partial charge in [-0.3, -0.25) is 4.79 Å². The SMILES string of the molecule is COc1ccc(C(O)CNC(=O)c2cc(C)c(F)cc2F)cc1. The number of aliphatic hydroxyl groups excluding tert-OH is 1. The number of aryl methyl sites for hydroxylation is 1.